The molecule has 6 nitrogen and oxygen atoms in total. The van der Waals surface area contributed by atoms with Gasteiger partial charge in [0.15, 0.2) is 6.10 Å². The van der Waals surface area contributed by atoms with Crippen molar-refractivity contribution in [3.8, 4) is 0 Å². The van der Waals surface area contributed by atoms with Crippen LogP contribution >= 0.6 is 0 Å². The molecule has 78 heavy (non-hydrogen) atoms. The van der Waals surface area contributed by atoms with E-state index in [0.717, 1.165) is 70.6 Å². The highest BCUT2D eigenvalue weighted by Gasteiger charge is 2.19. The Morgan fingerprint density at radius 3 is 0.705 bits per heavy atom. The molecular weight excluding hydrogens is 961 g/mol. The normalized spacial score (nSPS) is 12.3. The van der Waals surface area contributed by atoms with E-state index in [4.69, 9.17) is 14.2 Å². The van der Waals surface area contributed by atoms with Gasteiger partial charge in [-0.1, -0.05) is 320 Å². The molecule has 0 aromatic rings. The lowest BCUT2D eigenvalue weighted by atomic mass is 10.0. The molecule has 0 aliphatic heterocycles. The van der Waals surface area contributed by atoms with Crippen molar-refractivity contribution >= 4 is 17.9 Å². The lowest BCUT2D eigenvalue weighted by molar-refractivity contribution is -0.167. The number of rotatable bonds is 64. The number of hydrogen-bond acceptors (Lipinski definition) is 6. The largest absolute Gasteiger partial charge is 0.462 e. The van der Waals surface area contributed by atoms with Gasteiger partial charge in [-0.2, -0.15) is 0 Å². The van der Waals surface area contributed by atoms with Gasteiger partial charge < -0.3 is 14.2 Å². The van der Waals surface area contributed by atoms with Crippen molar-refractivity contribution < 1.29 is 28.6 Å². The predicted octanol–water partition coefficient (Wildman–Crippen LogP) is 23.7. The van der Waals surface area contributed by atoms with Crippen LogP contribution in [0.2, 0.25) is 0 Å². The van der Waals surface area contributed by atoms with Crippen LogP contribution in [0.5, 0.6) is 0 Å². The summed E-state index contributed by atoms with van der Waals surface area (Å²) in [6.07, 6.45) is 84.7. The number of hydrogen-bond donors (Lipinski definition) is 0. The van der Waals surface area contributed by atoms with Crippen LogP contribution in [0.4, 0.5) is 0 Å². The molecule has 0 aromatic carbocycles. The molecule has 6 heteroatoms. The summed E-state index contributed by atoms with van der Waals surface area (Å²) in [7, 11) is 0. The lowest BCUT2D eigenvalue weighted by Gasteiger charge is -2.18. The van der Waals surface area contributed by atoms with Gasteiger partial charge in [0, 0.05) is 19.3 Å². The first-order chi connectivity index (χ1) is 38.5. The molecule has 0 aliphatic rings. The van der Waals surface area contributed by atoms with Crippen molar-refractivity contribution in [1.82, 2.24) is 0 Å². The maximum absolute atomic E-state index is 12.9. The molecule has 1 unspecified atom stereocenters. The SMILES string of the molecule is CCCCCCC/C=C\C/C=C\CCCCCCCCCCCCCCCCCCCCCCCC(=O)OCC(COC(=O)CCCCCCCC)OC(=O)CCCCCCCCCCC/C=C\C/C=C\CCCCCCC. The summed E-state index contributed by atoms with van der Waals surface area (Å²) in [5, 5.41) is 0. The van der Waals surface area contributed by atoms with Gasteiger partial charge in [0.2, 0.25) is 0 Å². The summed E-state index contributed by atoms with van der Waals surface area (Å²) in [5.74, 6) is -0.863. The maximum Gasteiger partial charge on any atom is 0.306 e. The monoisotopic (exact) mass is 1090 g/mol. The summed E-state index contributed by atoms with van der Waals surface area (Å²) in [5.41, 5.74) is 0. The second kappa shape index (κ2) is 66.9. The molecule has 0 rings (SSSR count). The summed E-state index contributed by atoms with van der Waals surface area (Å²) in [6.45, 7) is 6.61. The van der Waals surface area contributed by atoms with E-state index < -0.39 is 6.10 Å². The van der Waals surface area contributed by atoms with Crippen LogP contribution in [0.1, 0.15) is 374 Å². The molecular formula is C72H132O6. The molecule has 0 saturated carbocycles. The van der Waals surface area contributed by atoms with Crippen LogP contribution in [0.3, 0.4) is 0 Å². The number of esters is 3. The third-order valence-corrected chi connectivity index (χ3v) is 15.6. The Morgan fingerprint density at radius 2 is 0.462 bits per heavy atom. The Labute approximate surface area is 486 Å². The minimum atomic E-state index is -0.770. The van der Waals surface area contributed by atoms with Crippen LogP contribution in [-0.4, -0.2) is 37.2 Å². The number of allylic oxidation sites excluding steroid dienone is 8. The average molecular weight is 1090 g/mol. The minimum absolute atomic E-state index is 0.0704. The number of carbonyl (C=O) groups is 3. The smallest absolute Gasteiger partial charge is 0.306 e. The van der Waals surface area contributed by atoms with Crippen molar-refractivity contribution in [2.24, 2.45) is 0 Å². The summed E-state index contributed by atoms with van der Waals surface area (Å²) in [6, 6.07) is 0. The Bertz CT molecular complexity index is 1350. The van der Waals surface area contributed by atoms with Crippen LogP contribution in [0, 0.1) is 0 Å². The molecule has 0 amide bonds. The zero-order valence-corrected chi connectivity index (χ0v) is 52.5. The molecule has 1 atom stereocenters. The standard InChI is InChI=1S/C72H132O6/c1-4-7-10-13-16-18-20-22-24-26-28-30-31-32-33-34-35-36-37-38-39-40-41-43-44-46-48-50-52-54-56-59-62-65-71(74)77-68-69(67-76-70(73)64-61-58-15-12-9-6-3)78-72(75)66-63-60-57-55-53-51-49-47-45-42-29-27-25-23-21-19-17-14-11-8-5-2/h20-23,26-29,69H,4-19,24-25,30-68H2,1-3H3/b22-20-,23-21-,28-26-,29-27-. The van der Waals surface area contributed by atoms with Crippen molar-refractivity contribution in [3.05, 3.63) is 48.6 Å². The molecule has 0 fully saturated rings. The predicted molar refractivity (Wildman–Crippen MR) is 339 cm³/mol. The van der Waals surface area contributed by atoms with E-state index in [2.05, 4.69) is 69.4 Å². The quantitative estimate of drug-likeness (QED) is 0.0261. The third kappa shape index (κ3) is 64.2. The number of carbonyl (C=O) groups excluding carboxylic acids is 3. The van der Waals surface area contributed by atoms with Crippen molar-refractivity contribution in [1.29, 1.82) is 0 Å². The first-order valence-corrected chi connectivity index (χ1v) is 34.6. The van der Waals surface area contributed by atoms with Gasteiger partial charge in [0.05, 0.1) is 0 Å². The minimum Gasteiger partial charge on any atom is -0.462 e. The molecule has 0 N–H and O–H groups in total. The van der Waals surface area contributed by atoms with Gasteiger partial charge in [-0.05, 0) is 83.5 Å². The highest BCUT2D eigenvalue weighted by atomic mass is 16.6. The van der Waals surface area contributed by atoms with Crippen molar-refractivity contribution in [2.45, 2.75) is 380 Å². The second-order valence-electron chi connectivity index (χ2n) is 23.4. The maximum atomic E-state index is 12.9. The first kappa shape index (κ1) is 75.4. The zero-order chi connectivity index (χ0) is 56.4. The molecule has 0 saturated heterocycles. The highest BCUT2D eigenvalue weighted by Crippen LogP contribution is 2.18. The van der Waals surface area contributed by atoms with E-state index in [-0.39, 0.29) is 31.1 Å². The van der Waals surface area contributed by atoms with Gasteiger partial charge in [-0.25, -0.2) is 0 Å². The van der Waals surface area contributed by atoms with E-state index in [1.807, 2.05) is 0 Å². The van der Waals surface area contributed by atoms with E-state index >= 15 is 0 Å². The Kier molecular flexibility index (Phi) is 64.6. The fourth-order valence-electron chi connectivity index (χ4n) is 10.3. The molecule has 0 aromatic heterocycles. The Balaban J connectivity index is 3.96. The van der Waals surface area contributed by atoms with E-state index in [1.54, 1.807) is 0 Å². The van der Waals surface area contributed by atoms with Crippen molar-refractivity contribution in [2.75, 3.05) is 13.2 Å². The van der Waals surface area contributed by atoms with Crippen molar-refractivity contribution in [3.63, 3.8) is 0 Å². The summed E-state index contributed by atoms with van der Waals surface area (Å²) in [4.78, 5) is 38.1. The van der Waals surface area contributed by atoms with Crippen LogP contribution < -0.4 is 0 Å². The van der Waals surface area contributed by atoms with Gasteiger partial charge in [-0.3, -0.25) is 14.4 Å². The second-order valence-corrected chi connectivity index (χ2v) is 23.4. The molecule has 0 bridgehead atoms. The third-order valence-electron chi connectivity index (χ3n) is 15.6. The average Bonchev–Trinajstić information content (AvgIpc) is 3.44. The van der Waals surface area contributed by atoms with Gasteiger partial charge in [0.25, 0.3) is 0 Å². The van der Waals surface area contributed by atoms with E-state index in [9.17, 15) is 14.4 Å². The summed E-state index contributed by atoms with van der Waals surface area (Å²) < 4.78 is 16.8. The van der Waals surface area contributed by atoms with Crippen LogP contribution in [-0.2, 0) is 28.6 Å². The van der Waals surface area contributed by atoms with E-state index in [1.165, 1.54) is 263 Å². The fourth-order valence-corrected chi connectivity index (χ4v) is 10.3. The first-order valence-electron chi connectivity index (χ1n) is 34.6. The van der Waals surface area contributed by atoms with Crippen LogP contribution in [0.25, 0.3) is 0 Å². The fraction of sp³-hybridized carbons (Fsp3) is 0.847. The van der Waals surface area contributed by atoms with Gasteiger partial charge >= 0.3 is 17.9 Å². The lowest BCUT2D eigenvalue weighted by Crippen LogP contribution is -2.30. The highest BCUT2D eigenvalue weighted by molar-refractivity contribution is 5.71. The molecule has 0 radical (unpaired) electrons. The molecule has 0 spiro atoms. The van der Waals surface area contributed by atoms with Crippen LogP contribution in [0.15, 0.2) is 48.6 Å². The number of unbranched alkanes of at least 4 members (excludes halogenated alkanes) is 45. The van der Waals surface area contributed by atoms with Gasteiger partial charge in [-0.15, -0.1) is 0 Å². The Hall–Kier alpha value is -2.63. The molecule has 456 valence electrons. The van der Waals surface area contributed by atoms with E-state index in [0.29, 0.717) is 19.3 Å². The molecule has 0 aliphatic carbocycles. The Morgan fingerprint density at radius 1 is 0.256 bits per heavy atom. The van der Waals surface area contributed by atoms with Gasteiger partial charge in [0.1, 0.15) is 13.2 Å². The zero-order valence-electron chi connectivity index (χ0n) is 52.5. The topological polar surface area (TPSA) is 78.9 Å². The molecule has 0 heterocycles. The number of ether oxygens (including phenoxy) is 3. The summed E-state index contributed by atoms with van der Waals surface area (Å²) >= 11 is 0.